The van der Waals surface area contributed by atoms with E-state index in [1.807, 2.05) is 32.9 Å². The van der Waals surface area contributed by atoms with Crippen LogP contribution < -0.4 is 5.43 Å². The van der Waals surface area contributed by atoms with E-state index in [4.69, 9.17) is 4.74 Å². The second kappa shape index (κ2) is 13.3. The van der Waals surface area contributed by atoms with Gasteiger partial charge in [-0.1, -0.05) is 51.2 Å². The summed E-state index contributed by atoms with van der Waals surface area (Å²) in [6.07, 6.45) is 12.1. The topological polar surface area (TPSA) is 141 Å². The predicted molar refractivity (Wildman–Crippen MR) is 234 cm³/mol. The minimum Gasteiger partial charge on any atom is -0.392 e. The van der Waals surface area contributed by atoms with Crippen LogP contribution in [0.1, 0.15) is 133 Å². The van der Waals surface area contributed by atoms with Crippen molar-refractivity contribution in [3.63, 3.8) is 0 Å². The summed E-state index contributed by atoms with van der Waals surface area (Å²) in [6, 6.07) is 1.73. The van der Waals surface area contributed by atoms with E-state index in [-0.39, 0.29) is 34.4 Å². The maximum absolute atomic E-state index is 15.0. The SMILES string of the molecule is C=C(C)[C@H]1C(=O)c2c3c(cc4c5c(n1c24)[C@@]1(C)[C@@H](CC[C@H]2[C@](C)(/C=C/C=C(\C)C(=O)NN4CCN(S(C)(=O)=O)CC4)[C@@H](O)CC[C@@]21C)C5)C1=CC(C)(C)OC(C)(C)[C@H]1[C@@H]3O. The van der Waals surface area contributed by atoms with E-state index in [9.17, 15) is 28.2 Å². The smallest absolute Gasteiger partial charge is 0.261 e. The maximum atomic E-state index is 15.0. The first kappa shape index (κ1) is 41.9. The normalized spacial score (nSPS) is 37.1. The molecule has 60 heavy (non-hydrogen) atoms. The third kappa shape index (κ3) is 5.65. The summed E-state index contributed by atoms with van der Waals surface area (Å²) in [5.41, 5.74) is 8.82. The van der Waals surface area contributed by atoms with Crippen molar-refractivity contribution >= 4 is 38.2 Å². The molecule has 0 unspecified atom stereocenters. The lowest BCUT2D eigenvalue weighted by Crippen LogP contribution is -2.62. The molecule has 3 aliphatic heterocycles. The first-order chi connectivity index (χ1) is 27.9. The second-order valence-corrected chi connectivity index (χ2v) is 23.1. The maximum Gasteiger partial charge on any atom is 0.261 e. The molecule has 1 saturated heterocycles. The fourth-order valence-electron chi connectivity index (χ4n) is 13.9. The highest BCUT2D eigenvalue weighted by Gasteiger charge is 2.68. The largest absolute Gasteiger partial charge is 0.392 e. The molecule has 2 aromatic rings. The van der Waals surface area contributed by atoms with Crippen molar-refractivity contribution in [1.82, 2.24) is 19.3 Å². The van der Waals surface area contributed by atoms with E-state index in [0.717, 1.165) is 58.9 Å². The summed E-state index contributed by atoms with van der Waals surface area (Å²) in [7, 11) is -3.27. The van der Waals surface area contributed by atoms with Gasteiger partial charge in [0.1, 0.15) is 6.04 Å². The number of ether oxygens (including phenoxy) is 1. The van der Waals surface area contributed by atoms with E-state index < -0.39 is 44.9 Å². The molecule has 2 saturated carbocycles. The Balaban J connectivity index is 1.09. The Bertz CT molecular complexity index is 2470. The molecule has 0 spiro atoms. The zero-order valence-electron chi connectivity index (χ0n) is 37.1. The van der Waals surface area contributed by atoms with Gasteiger partial charge in [0, 0.05) is 65.1 Å². The van der Waals surface area contributed by atoms with Gasteiger partial charge < -0.3 is 19.5 Å². The number of benzene rings is 1. The third-order valence-corrected chi connectivity index (χ3v) is 18.0. The molecule has 9 atom stereocenters. The molecule has 11 nitrogen and oxygen atoms in total. The zero-order chi connectivity index (χ0) is 43.4. The Hall–Kier alpha value is -3.39. The van der Waals surface area contributed by atoms with Gasteiger partial charge in [0.05, 0.1) is 40.7 Å². The molecule has 7 aliphatic rings. The molecule has 324 valence electrons. The molecule has 4 aliphatic carbocycles. The number of allylic oxidation sites excluding steroid dienone is 3. The lowest BCUT2D eigenvalue weighted by atomic mass is 9.40. The standard InChI is InChI=1S/C48H64N4O7S/c1-26(2)38-41(55)36-35-29(32-25-44(4,5)59-45(6,7)37(32)40(35)54)24-30-31-23-28-14-15-33-46(8,34(53)16-18-47(33,9)48(28,10)42(31)52(38)39(30)36)17-12-13-27(3)43(56)49-50-19-21-51(22-20-50)60(11,57)58/h12-13,17,24-25,28,33-34,37-38,40,53-54H,1,14-16,18-23H2,2-11H3,(H,49,56)/b17-12+,27-13+/t28-,33-,34-,37+,38-,40+,46-,47-,48+/m0/s1. The number of aliphatic hydroxyl groups excluding tert-OH is 2. The fourth-order valence-corrected chi connectivity index (χ4v) is 14.8. The van der Waals surface area contributed by atoms with Gasteiger partial charge in [0.15, 0.2) is 5.78 Å². The number of ketones is 1. The summed E-state index contributed by atoms with van der Waals surface area (Å²) in [5, 5.41) is 27.1. The quantitative estimate of drug-likeness (QED) is 0.166. The highest BCUT2D eigenvalue weighted by Crippen LogP contribution is 2.71. The molecule has 1 amide bonds. The number of Topliss-reactive ketones (excluding diaryl/α,β-unsaturated/α-hetero) is 1. The number of carbonyl (C=O) groups excluding carboxylic acids is 2. The number of rotatable bonds is 6. The number of piperazine rings is 1. The van der Waals surface area contributed by atoms with Crippen LogP contribution in [0.4, 0.5) is 0 Å². The van der Waals surface area contributed by atoms with E-state index in [1.54, 1.807) is 11.9 Å². The lowest BCUT2D eigenvalue weighted by Gasteiger charge is -2.64. The number of hydrazine groups is 1. The molecule has 3 fully saturated rings. The van der Waals surface area contributed by atoms with Crippen LogP contribution in [0, 0.1) is 28.6 Å². The van der Waals surface area contributed by atoms with Crippen LogP contribution >= 0.6 is 0 Å². The zero-order valence-corrected chi connectivity index (χ0v) is 37.9. The Kier molecular flexibility index (Phi) is 9.31. The molecule has 1 aromatic heterocycles. The molecule has 4 heterocycles. The van der Waals surface area contributed by atoms with Crippen LogP contribution in [0.3, 0.4) is 0 Å². The highest BCUT2D eigenvalue weighted by atomic mass is 32.2. The number of hydrogen-bond donors (Lipinski definition) is 3. The molecule has 3 N–H and O–H groups in total. The summed E-state index contributed by atoms with van der Waals surface area (Å²) < 4.78 is 34.2. The van der Waals surface area contributed by atoms with Gasteiger partial charge in [0.2, 0.25) is 10.0 Å². The number of aromatic nitrogens is 1. The Morgan fingerprint density at radius 3 is 2.35 bits per heavy atom. The molecular weight excluding hydrogens is 777 g/mol. The number of fused-ring (bicyclic) bond motifs is 11. The first-order valence-corrected chi connectivity index (χ1v) is 23.8. The van der Waals surface area contributed by atoms with Crippen molar-refractivity contribution in [2.75, 3.05) is 32.4 Å². The van der Waals surface area contributed by atoms with Crippen molar-refractivity contribution in [3.05, 3.63) is 76.0 Å². The fraction of sp³-hybridized carbons (Fsp3) is 0.625. The number of aliphatic hydroxyl groups is 2. The highest BCUT2D eigenvalue weighted by molar-refractivity contribution is 7.88. The Morgan fingerprint density at radius 2 is 1.70 bits per heavy atom. The summed E-state index contributed by atoms with van der Waals surface area (Å²) in [4.78, 5) is 28.2. The minimum atomic E-state index is -3.27. The number of carbonyl (C=O) groups is 2. The third-order valence-electron chi connectivity index (χ3n) is 16.7. The van der Waals surface area contributed by atoms with E-state index in [1.165, 1.54) is 21.8 Å². The Morgan fingerprint density at radius 1 is 1.02 bits per heavy atom. The van der Waals surface area contributed by atoms with Crippen molar-refractivity contribution in [1.29, 1.82) is 0 Å². The Labute approximate surface area is 355 Å². The van der Waals surface area contributed by atoms with Gasteiger partial charge in [-0.25, -0.2) is 13.4 Å². The predicted octanol–water partition coefficient (Wildman–Crippen LogP) is 6.71. The molecular formula is C48H64N4O7S. The number of sulfonamides is 1. The second-order valence-electron chi connectivity index (χ2n) is 21.1. The number of hydrogen-bond acceptors (Lipinski definition) is 8. The summed E-state index contributed by atoms with van der Waals surface area (Å²) >= 11 is 0. The van der Waals surface area contributed by atoms with Crippen LogP contribution in [0.25, 0.3) is 16.5 Å². The average molecular weight is 841 g/mol. The van der Waals surface area contributed by atoms with E-state index in [2.05, 4.69) is 69.4 Å². The van der Waals surface area contributed by atoms with Gasteiger partial charge in [-0.3, -0.25) is 15.0 Å². The monoisotopic (exact) mass is 840 g/mol. The lowest BCUT2D eigenvalue weighted by molar-refractivity contribution is -0.144. The molecule has 12 heteroatoms. The van der Waals surface area contributed by atoms with Gasteiger partial charge in [0.25, 0.3) is 5.91 Å². The van der Waals surface area contributed by atoms with Gasteiger partial charge >= 0.3 is 0 Å². The van der Waals surface area contributed by atoms with Crippen LogP contribution in [0.15, 0.2) is 48.1 Å². The molecule has 1 aromatic carbocycles. The van der Waals surface area contributed by atoms with Crippen LogP contribution in [0.5, 0.6) is 0 Å². The van der Waals surface area contributed by atoms with Gasteiger partial charge in [-0.15, -0.1) is 0 Å². The van der Waals surface area contributed by atoms with Crippen molar-refractivity contribution < 1.29 is 33.0 Å². The van der Waals surface area contributed by atoms with Gasteiger partial charge in [-0.2, -0.15) is 4.31 Å². The van der Waals surface area contributed by atoms with Crippen molar-refractivity contribution in [2.24, 2.45) is 28.6 Å². The number of nitrogens with zero attached hydrogens (tertiary/aromatic N) is 3. The molecule has 0 radical (unpaired) electrons. The van der Waals surface area contributed by atoms with Crippen molar-refractivity contribution in [3.8, 4) is 0 Å². The summed E-state index contributed by atoms with van der Waals surface area (Å²) in [5.74, 6) is -0.0640. The molecule has 0 bridgehead atoms. The number of amides is 1. The van der Waals surface area contributed by atoms with Gasteiger partial charge in [-0.05, 0) is 120 Å². The van der Waals surface area contributed by atoms with E-state index in [0.29, 0.717) is 49.7 Å². The van der Waals surface area contributed by atoms with Crippen LogP contribution in [-0.4, -0.2) is 93.9 Å². The van der Waals surface area contributed by atoms with Crippen molar-refractivity contribution in [2.45, 2.75) is 129 Å². The van der Waals surface area contributed by atoms with Crippen LogP contribution in [-0.2, 0) is 31.4 Å². The van der Waals surface area contributed by atoms with Crippen LogP contribution in [0.2, 0.25) is 0 Å². The molecule has 9 rings (SSSR count). The first-order valence-electron chi connectivity index (χ1n) is 22.0. The minimum absolute atomic E-state index is 0.0113. The van der Waals surface area contributed by atoms with E-state index >= 15 is 0 Å². The summed E-state index contributed by atoms with van der Waals surface area (Å²) in [6.45, 7) is 24.9. The average Bonchev–Trinajstić information content (AvgIpc) is 3.82. The number of nitrogens with one attached hydrogen (secondary N) is 1.